The molecule has 0 radical (unpaired) electrons. The van der Waals surface area contributed by atoms with Gasteiger partial charge in [0.2, 0.25) is 0 Å². The Morgan fingerprint density at radius 3 is 2.62 bits per heavy atom. The molecule has 0 atom stereocenters. The Morgan fingerprint density at radius 1 is 1.16 bits per heavy atom. The molecule has 0 saturated heterocycles. The van der Waals surface area contributed by atoms with Gasteiger partial charge in [0.1, 0.15) is 11.6 Å². The SMILES string of the molecule is COc1ccc(NC(=O)COC(=O)c2nn(-c3ccc(F)cc3)c3c2CCCC3)cc1Cl. The molecule has 7 nitrogen and oxygen atoms in total. The molecule has 0 saturated carbocycles. The van der Waals surface area contributed by atoms with E-state index in [0.717, 1.165) is 30.5 Å². The van der Waals surface area contributed by atoms with Crippen LogP contribution in [0.3, 0.4) is 0 Å². The lowest BCUT2D eigenvalue weighted by Crippen LogP contribution is -2.21. The number of benzene rings is 2. The van der Waals surface area contributed by atoms with Gasteiger partial charge in [-0.25, -0.2) is 13.9 Å². The van der Waals surface area contributed by atoms with Crippen LogP contribution in [0.1, 0.15) is 34.6 Å². The lowest BCUT2D eigenvalue weighted by atomic mass is 9.95. The van der Waals surface area contributed by atoms with E-state index in [2.05, 4.69) is 10.4 Å². The van der Waals surface area contributed by atoms with Gasteiger partial charge in [-0.15, -0.1) is 0 Å². The first-order valence-corrected chi connectivity index (χ1v) is 10.5. The number of carbonyl (C=O) groups excluding carboxylic acids is 2. The van der Waals surface area contributed by atoms with Crippen LogP contribution in [0.4, 0.5) is 10.1 Å². The first-order valence-electron chi connectivity index (χ1n) is 10.1. The number of amides is 1. The second-order valence-corrected chi connectivity index (χ2v) is 7.75. The maximum Gasteiger partial charge on any atom is 0.359 e. The average molecular weight is 458 g/mol. The third kappa shape index (κ3) is 4.60. The van der Waals surface area contributed by atoms with Crippen molar-refractivity contribution >= 4 is 29.2 Å². The number of halogens is 2. The van der Waals surface area contributed by atoms with E-state index in [0.29, 0.717) is 28.6 Å². The first kappa shape index (κ1) is 21.8. The minimum atomic E-state index is -0.674. The fourth-order valence-corrected chi connectivity index (χ4v) is 3.96. The average Bonchev–Trinajstić information content (AvgIpc) is 3.18. The van der Waals surface area contributed by atoms with E-state index in [4.69, 9.17) is 21.1 Å². The molecule has 1 heterocycles. The molecular formula is C23H21ClFN3O4. The lowest BCUT2D eigenvalue weighted by Gasteiger charge is -2.14. The molecule has 9 heteroatoms. The summed E-state index contributed by atoms with van der Waals surface area (Å²) in [6.07, 6.45) is 3.35. The number of anilines is 1. The number of rotatable bonds is 6. The molecule has 1 N–H and O–H groups in total. The van der Waals surface area contributed by atoms with Crippen LogP contribution in [0.5, 0.6) is 5.75 Å². The third-order valence-corrected chi connectivity index (χ3v) is 5.51. The topological polar surface area (TPSA) is 82.4 Å². The van der Waals surface area contributed by atoms with Crippen LogP contribution in [-0.4, -0.2) is 35.4 Å². The molecular weight excluding hydrogens is 437 g/mol. The van der Waals surface area contributed by atoms with E-state index in [1.807, 2.05) is 0 Å². The van der Waals surface area contributed by atoms with Gasteiger partial charge in [0, 0.05) is 16.9 Å². The molecule has 4 rings (SSSR count). The molecule has 1 aromatic heterocycles. The van der Waals surface area contributed by atoms with E-state index >= 15 is 0 Å². The van der Waals surface area contributed by atoms with Crippen LogP contribution in [0, 0.1) is 5.82 Å². The number of fused-ring (bicyclic) bond motifs is 1. The van der Waals surface area contributed by atoms with Crippen LogP contribution in [-0.2, 0) is 22.4 Å². The molecule has 0 unspecified atom stereocenters. The Labute approximate surface area is 189 Å². The zero-order chi connectivity index (χ0) is 22.7. The third-order valence-electron chi connectivity index (χ3n) is 5.21. The van der Waals surface area contributed by atoms with Gasteiger partial charge in [0.25, 0.3) is 5.91 Å². The number of hydrogen-bond acceptors (Lipinski definition) is 5. The van der Waals surface area contributed by atoms with Gasteiger partial charge in [-0.1, -0.05) is 11.6 Å². The molecule has 0 aliphatic heterocycles. The molecule has 0 fully saturated rings. The van der Waals surface area contributed by atoms with Gasteiger partial charge in [0.05, 0.1) is 17.8 Å². The summed E-state index contributed by atoms with van der Waals surface area (Å²) in [6.45, 7) is -0.472. The highest BCUT2D eigenvalue weighted by Crippen LogP contribution is 2.28. The number of carbonyl (C=O) groups is 2. The normalized spacial score (nSPS) is 12.7. The number of hydrogen-bond donors (Lipinski definition) is 1. The molecule has 1 aliphatic carbocycles. The van der Waals surface area contributed by atoms with Crippen molar-refractivity contribution in [2.75, 3.05) is 19.0 Å². The fourth-order valence-electron chi connectivity index (χ4n) is 3.70. The maximum atomic E-state index is 13.3. The Bertz CT molecular complexity index is 1160. The summed E-state index contributed by atoms with van der Waals surface area (Å²) in [7, 11) is 1.50. The van der Waals surface area contributed by atoms with E-state index < -0.39 is 18.5 Å². The van der Waals surface area contributed by atoms with Gasteiger partial charge in [-0.2, -0.15) is 5.10 Å². The second-order valence-electron chi connectivity index (χ2n) is 7.34. The summed E-state index contributed by atoms with van der Waals surface area (Å²) in [5.41, 5.74) is 3.02. The number of aromatic nitrogens is 2. The number of esters is 1. The summed E-state index contributed by atoms with van der Waals surface area (Å²) >= 11 is 6.06. The predicted octanol–water partition coefficient (Wildman–Crippen LogP) is 4.35. The van der Waals surface area contributed by atoms with Crippen LogP contribution < -0.4 is 10.1 Å². The molecule has 0 bridgehead atoms. The van der Waals surface area contributed by atoms with Crippen molar-refractivity contribution in [1.29, 1.82) is 0 Å². The monoisotopic (exact) mass is 457 g/mol. The van der Waals surface area contributed by atoms with Gasteiger partial charge in [0.15, 0.2) is 12.3 Å². The predicted molar refractivity (Wildman–Crippen MR) is 117 cm³/mol. The molecule has 3 aromatic rings. The summed E-state index contributed by atoms with van der Waals surface area (Å²) in [5, 5.41) is 7.41. The molecule has 0 spiro atoms. The van der Waals surface area contributed by atoms with Gasteiger partial charge < -0.3 is 14.8 Å². The summed E-state index contributed by atoms with van der Waals surface area (Å²) < 4.78 is 25.3. The highest BCUT2D eigenvalue weighted by atomic mass is 35.5. The standard InChI is InChI=1S/C23H21ClFN3O4/c1-31-20-11-8-15(12-18(20)24)26-21(29)13-32-23(30)22-17-4-2-3-5-19(17)28(27-22)16-9-6-14(25)7-10-16/h6-12H,2-5,13H2,1H3,(H,26,29). The van der Waals surface area contributed by atoms with Crippen molar-refractivity contribution in [3.05, 3.63) is 70.3 Å². The summed E-state index contributed by atoms with van der Waals surface area (Å²) in [4.78, 5) is 25.0. The molecule has 1 aliphatic rings. The molecule has 2 aromatic carbocycles. The lowest BCUT2D eigenvalue weighted by molar-refractivity contribution is -0.119. The van der Waals surface area contributed by atoms with Crippen LogP contribution in [0.15, 0.2) is 42.5 Å². The molecule has 166 valence electrons. The van der Waals surface area contributed by atoms with Crippen molar-refractivity contribution in [2.45, 2.75) is 25.7 Å². The Balaban J connectivity index is 1.47. The smallest absolute Gasteiger partial charge is 0.359 e. The highest BCUT2D eigenvalue weighted by Gasteiger charge is 2.27. The van der Waals surface area contributed by atoms with Crippen molar-refractivity contribution in [3.63, 3.8) is 0 Å². The molecule has 1 amide bonds. The van der Waals surface area contributed by atoms with E-state index in [9.17, 15) is 14.0 Å². The van der Waals surface area contributed by atoms with E-state index in [-0.39, 0.29) is 11.5 Å². The van der Waals surface area contributed by atoms with Crippen LogP contribution in [0.25, 0.3) is 5.69 Å². The highest BCUT2D eigenvalue weighted by molar-refractivity contribution is 6.32. The number of ether oxygens (including phenoxy) is 2. The zero-order valence-electron chi connectivity index (χ0n) is 17.4. The minimum absolute atomic E-state index is 0.185. The van der Waals surface area contributed by atoms with Gasteiger partial charge in [-0.05, 0) is 68.1 Å². The minimum Gasteiger partial charge on any atom is -0.495 e. The van der Waals surface area contributed by atoms with Crippen molar-refractivity contribution in [1.82, 2.24) is 9.78 Å². The maximum absolute atomic E-state index is 13.3. The summed E-state index contributed by atoms with van der Waals surface area (Å²) in [5.74, 6) is -1.05. The van der Waals surface area contributed by atoms with Crippen molar-refractivity contribution in [3.8, 4) is 11.4 Å². The summed E-state index contributed by atoms with van der Waals surface area (Å²) in [6, 6.07) is 10.7. The van der Waals surface area contributed by atoms with Crippen molar-refractivity contribution < 1.29 is 23.5 Å². The zero-order valence-corrected chi connectivity index (χ0v) is 18.1. The largest absolute Gasteiger partial charge is 0.495 e. The van der Waals surface area contributed by atoms with Crippen molar-refractivity contribution in [2.24, 2.45) is 0 Å². The number of methoxy groups -OCH3 is 1. The van der Waals surface area contributed by atoms with Crippen LogP contribution in [0.2, 0.25) is 5.02 Å². The second kappa shape index (κ2) is 9.40. The quantitative estimate of drug-likeness (QED) is 0.556. The van der Waals surface area contributed by atoms with E-state index in [1.54, 1.807) is 35.0 Å². The van der Waals surface area contributed by atoms with Gasteiger partial charge in [-0.3, -0.25) is 4.79 Å². The Kier molecular flexibility index (Phi) is 6.41. The first-order chi connectivity index (χ1) is 15.5. The fraction of sp³-hybridized carbons (Fsp3) is 0.261. The Hall–Kier alpha value is -3.39. The van der Waals surface area contributed by atoms with E-state index in [1.165, 1.54) is 19.2 Å². The number of nitrogens with one attached hydrogen (secondary N) is 1. The molecule has 32 heavy (non-hydrogen) atoms. The van der Waals surface area contributed by atoms with Crippen LogP contribution >= 0.6 is 11.6 Å². The Morgan fingerprint density at radius 2 is 1.91 bits per heavy atom. The van der Waals surface area contributed by atoms with Gasteiger partial charge >= 0.3 is 5.97 Å². The number of nitrogens with zero attached hydrogens (tertiary/aromatic N) is 2.